The van der Waals surface area contributed by atoms with Gasteiger partial charge in [0.1, 0.15) is 24.0 Å². The highest BCUT2D eigenvalue weighted by Crippen LogP contribution is 2.23. The molecule has 0 atom stereocenters. The Morgan fingerprint density at radius 1 is 1.05 bits per heavy atom. The number of fused-ring (bicyclic) bond motifs is 1. The quantitative estimate of drug-likeness (QED) is 0.754. The molecule has 1 N–H and O–H groups in total. The lowest BCUT2D eigenvalue weighted by molar-refractivity contribution is 0.306. The predicted octanol–water partition coefficient (Wildman–Crippen LogP) is 4.03. The maximum Gasteiger partial charge on any atom is 0.132 e. The number of aromatic amines is 1. The van der Waals surface area contributed by atoms with E-state index in [-0.39, 0.29) is 18.2 Å². The summed E-state index contributed by atoms with van der Waals surface area (Å²) >= 11 is 0. The molecule has 0 amide bonds. The zero-order valence-electron chi connectivity index (χ0n) is 9.99. The van der Waals surface area contributed by atoms with E-state index in [1.54, 1.807) is 30.5 Å². The summed E-state index contributed by atoms with van der Waals surface area (Å²) in [6.07, 6.45) is 1.70. The summed E-state index contributed by atoms with van der Waals surface area (Å²) in [5.74, 6) is -0.232. The summed E-state index contributed by atoms with van der Waals surface area (Å²) in [4.78, 5) is 2.98. The molecule has 3 rings (SSSR count). The fraction of sp³-hybridized carbons (Fsp3) is 0.0667. The van der Waals surface area contributed by atoms with E-state index in [2.05, 4.69) is 4.98 Å². The highest BCUT2D eigenvalue weighted by molar-refractivity contribution is 5.83. The van der Waals surface area contributed by atoms with Gasteiger partial charge in [-0.1, -0.05) is 12.1 Å². The molecule has 0 radical (unpaired) electrons. The van der Waals surface area contributed by atoms with Gasteiger partial charge in [-0.25, -0.2) is 8.78 Å². The number of ether oxygens (including phenoxy) is 1. The van der Waals surface area contributed by atoms with E-state index >= 15 is 0 Å². The molecule has 0 bridgehead atoms. The van der Waals surface area contributed by atoms with E-state index < -0.39 is 0 Å². The van der Waals surface area contributed by atoms with Gasteiger partial charge in [-0.3, -0.25) is 0 Å². The van der Waals surface area contributed by atoms with Gasteiger partial charge in [-0.05, 0) is 24.3 Å². The summed E-state index contributed by atoms with van der Waals surface area (Å²) in [5.41, 5.74) is 1.43. The lowest BCUT2D eigenvalue weighted by atomic mass is 10.2. The Morgan fingerprint density at radius 3 is 2.74 bits per heavy atom. The first-order valence-corrected chi connectivity index (χ1v) is 5.87. The molecule has 0 fully saturated rings. The first-order valence-electron chi connectivity index (χ1n) is 5.87. The Morgan fingerprint density at radius 2 is 1.89 bits per heavy atom. The molecule has 96 valence electrons. The molecular formula is C15H11F2NO. The average molecular weight is 259 g/mol. The number of hydrogen-bond acceptors (Lipinski definition) is 1. The molecule has 0 spiro atoms. The molecule has 2 nitrogen and oxygen atoms in total. The minimum Gasteiger partial charge on any atom is -0.489 e. The summed E-state index contributed by atoms with van der Waals surface area (Å²) in [6, 6.07) is 10.7. The van der Waals surface area contributed by atoms with Crippen molar-refractivity contribution in [3.8, 4) is 5.75 Å². The van der Waals surface area contributed by atoms with Gasteiger partial charge < -0.3 is 9.72 Å². The zero-order valence-corrected chi connectivity index (χ0v) is 9.99. The van der Waals surface area contributed by atoms with Crippen LogP contribution in [-0.4, -0.2) is 4.98 Å². The van der Waals surface area contributed by atoms with E-state index in [0.717, 1.165) is 5.52 Å². The van der Waals surface area contributed by atoms with Gasteiger partial charge in [-0.15, -0.1) is 0 Å². The summed E-state index contributed by atoms with van der Waals surface area (Å²) in [5, 5.41) is 0.513. The summed E-state index contributed by atoms with van der Waals surface area (Å²) in [7, 11) is 0. The molecule has 3 aromatic rings. The second kappa shape index (κ2) is 4.72. The Labute approximate surface area is 108 Å². The number of H-pyrrole nitrogens is 1. The van der Waals surface area contributed by atoms with Crippen molar-refractivity contribution < 1.29 is 13.5 Å². The molecule has 0 aliphatic heterocycles. The first-order chi connectivity index (χ1) is 9.24. The Kier molecular flexibility index (Phi) is 2.91. The molecule has 1 aromatic heterocycles. The number of halogens is 2. The van der Waals surface area contributed by atoms with Crippen LogP contribution in [-0.2, 0) is 6.61 Å². The lowest BCUT2D eigenvalue weighted by Crippen LogP contribution is -1.95. The summed E-state index contributed by atoms with van der Waals surface area (Å²) in [6.45, 7) is 0.185. The van der Waals surface area contributed by atoms with E-state index in [1.165, 1.54) is 18.2 Å². The predicted molar refractivity (Wildman–Crippen MR) is 69.0 cm³/mol. The standard InChI is InChI=1S/C15H11F2NO/c16-11-3-1-4-12(7-11)19-9-10-8-18-14-6-2-5-13(17)15(10)14/h1-8,18H,9H2. The normalized spacial score (nSPS) is 10.8. The van der Waals surface area contributed by atoms with Crippen molar-refractivity contribution in [3.05, 3.63) is 65.9 Å². The third-order valence-corrected chi connectivity index (χ3v) is 2.93. The van der Waals surface area contributed by atoms with Gasteiger partial charge in [0.05, 0.1) is 0 Å². The van der Waals surface area contributed by atoms with Crippen LogP contribution in [0.2, 0.25) is 0 Å². The van der Waals surface area contributed by atoms with Crippen LogP contribution in [0.3, 0.4) is 0 Å². The molecule has 0 aliphatic rings. The van der Waals surface area contributed by atoms with Crippen molar-refractivity contribution in [3.63, 3.8) is 0 Å². The molecular weight excluding hydrogens is 248 g/mol. The van der Waals surface area contributed by atoms with Crippen molar-refractivity contribution in [2.45, 2.75) is 6.61 Å². The Hall–Kier alpha value is -2.36. The highest BCUT2D eigenvalue weighted by atomic mass is 19.1. The van der Waals surface area contributed by atoms with E-state index in [1.807, 2.05) is 0 Å². The van der Waals surface area contributed by atoms with Crippen LogP contribution in [0.25, 0.3) is 10.9 Å². The van der Waals surface area contributed by atoms with Crippen molar-refractivity contribution in [2.75, 3.05) is 0 Å². The molecule has 0 saturated heterocycles. The number of nitrogens with one attached hydrogen (secondary N) is 1. The van der Waals surface area contributed by atoms with Crippen LogP contribution in [0.15, 0.2) is 48.7 Å². The molecule has 1 heterocycles. The van der Waals surface area contributed by atoms with Gasteiger partial charge in [0, 0.05) is 28.7 Å². The Bertz CT molecular complexity index is 721. The van der Waals surface area contributed by atoms with Gasteiger partial charge in [0.2, 0.25) is 0 Å². The maximum atomic E-state index is 13.7. The number of aromatic nitrogens is 1. The maximum absolute atomic E-state index is 13.7. The summed E-state index contributed by atoms with van der Waals surface area (Å²) < 4.78 is 32.2. The van der Waals surface area contributed by atoms with Crippen molar-refractivity contribution >= 4 is 10.9 Å². The van der Waals surface area contributed by atoms with E-state index in [4.69, 9.17) is 4.74 Å². The second-order valence-electron chi connectivity index (χ2n) is 4.22. The largest absolute Gasteiger partial charge is 0.489 e. The van der Waals surface area contributed by atoms with Crippen LogP contribution < -0.4 is 4.74 Å². The first kappa shape index (κ1) is 11.7. The SMILES string of the molecule is Fc1cccc(OCc2c[nH]c3cccc(F)c23)c1. The van der Waals surface area contributed by atoms with Crippen LogP contribution in [0.1, 0.15) is 5.56 Å². The third kappa shape index (κ3) is 2.29. The average Bonchev–Trinajstić information content (AvgIpc) is 2.81. The second-order valence-corrected chi connectivity index (χ2v) is 4.22. The molecule has 0 unspecified atom stereocenters. The Balaban J connectivity index is 1.86. The number of hydrogen-bond donors (Lipinski definition) is 1. The van der Waals surface area contributed by atoms with Crippen LogP contribution in [0.5, 0.6) is 5.75 Å². The molecule has 0 aliphatic carbocycles. The van der Waals surface area contributed by atoms with Crippen molar-refractivity contribution in [1.82, 2.24) is 4.98 Å². The fourth-order valence-electron chi connectivity index (χ4n) is 2.04. The van der Waals surface area contributed by atoms with Crippen molar-refractivity contribution in [1.29, 1.82) is 0 Å². The van der Waals surface area contributed by atoms with Gasteiger partial charge in [-0.2, -0.15) is 0 Å². The topological polar surface area (TPSA) is 25.0 Å². The fourth-order valence-corrected chi connectivity index (χ4v) is 2.04. The van der Waals surface area contributed by atoms with Gasteiger partial charge >= 0.3 is 0 Å². The third-order valence-electron chi connectivity index (χ3n) is 2.93. The minimum absolute atomic E-state index is 0.185. The van der Waals surface area contributed by atoms with Crippen LogP contribution >= 0.6 is 0 Å². The molecule has 4 heteroatoms. The van der Waals surface area contributed by atoms with Gasteiger partial charge in [0.15, 0.2) is 0 Å². The van der Waals surface area contributed by atoms with Gasteiger partial charge in [0.25, 0.3) is 0 Å². The van der Waals surface area contributed by atoms with Crippen LogP contribution in [0, 0.1) is 11.6 Å². The number of benzene rings is 2. The van der Waals surface area contributed by atoms with E-state index in [9.17, 15) is 8.78 Å². The monoisotopic (exact) mass is 259 g/mol. The highest BCUT2D eigenvalue weighted by Gasteiger charge is 2.09. The van der Waals surface area contributed by atoms with Crippen LogP contribution in [0.4, 0.5) is 8.78 Å². The van der Waals surface area contributed by atoms with Crippen molar-refractivity contribution in [2.24, 2.45) is 0 Å². The molecule has 19 heavy (non-hydrogen) atoms. The van der Waals surface area contributed by atoms with E-state index in [0.29, 0.717) is 16.7 Å². The minimum atomic E-state index is -0.359. The number of rotatable bonds is 3. The lowest BCUT2D eigenvalue weighted by Gasteiger charge is -2.05. The molecule has 0 saturated carbocycles. The zero-order chi connectivity index (χ0) is 13.2. The smallest absolute Gasteiger partial charge is 0.132 e. The molecule has 2 aromatic carbocycles.